The van der Waals surface area contributed by atoms with Crippen molar-refractivity contribution in [2.75, 3.05) is 32.7 Å². The molecule has 104 valence electrons. The van der Waals surface area contributed by atoms with Crippen LogP contribution in [0.5, 0.6) is 0 Å². The Morgan fingerprint density at radius 2 is 1.63 bits per heavy atom. The van der Waals surface area contributed by atoms with Crippen LogP contribution < -0.4 is 0 Å². The summed E-state index contributed by atoms with van der Waals surface area (Å²) in [5.74, 6) is -0.118. The number of alkyl halides is 3. The molecule has 0 bridgehead atoms. The standard InChI is InChI=1S/C13H15F3N2O/c14-13(15,16)10-17-6-8-18(9-7-17)12(19)11-4-2-1-3-5-11/h1-5H,6-10H2. The highest BCUT2D eigenvalue weighted by molar-refractivity contribution is 5.94. The SMILES string of the molecule is O=C(c1ccccc1)N1CCN(CC(F)(F)F)CC1. The van der Waals surface area contributed by atoms with Crippen LogP contribution in [0.1, 0.15) is 10.4 Å². The lowest BCUT2D eigenvalue weighted by Gasteiger charge is -2.35. The van der Waals surface area contributed by atoms with Crippen LogP contribution in [-0.2, 0) is 0 Å². The first-order valence-electron chi connectivity index (χ1n) is 6.09. The predicted octanol–water partition coefficient (Wildman–Crippen LogP) is 2.01. The van der Waals surface area contributed by atoms with Crippen molar-refractivity contribution in [1.82, 2.24) is 9.80 Å². The number of halogens is 3. The summed E-state index contributed by atoms with van der Waals surface area (Å²) in [7, 11) is 0. The van der Waals surface area contributed by atoms with Crippen molar-refractivity contribution in [2.24, 2.45) is 0 Å². The molecule has 0 radical (unpaired) electrons. The molecule has 0 unspecified atom stereocenters. The molecule has 0 N–H and O–H groups in total. The fourth-order valence-corrected chi connectivity index (χ4v) is 2.13. The molecule has 2 rings (SSSR count). The van der Waals surface area contributed by atoms with E-state index >= 15 is 0 Å². The highest BCUT2D eigenvalue weighted by atomic mass is 19.4. The minimum atomic E-state index is -4.17. The van der Waals surface area contributed by atoms with Crippen molar-refractivity contribution in [3.05, 3.63) is 35.9 Å². The zero-order chi connectivity index (χ0) is 13.9. The Bertz CT molecular complexity index is 425. The molecule has 1 amide bonds. The van der Waals surface area contributed by atoms with Crippen molar-refractivity contribution >= 4 is 5.91 Å². The maximum Gasteiger partial charge on any atom is 0.401 e. The van der Waals surface area contributed by atoms with E-state index in [2.05, 4.69) is 0 Å². The number of piperazine rings is 1. The average molecular weight is 272 g/mol. The zero-order valence-corrected chi connectivity index (χ0v) is 10.4. The minimum absolute atomic E-state index is 0.118. The fourth-order valence-electron chi connectivity index (χ4n) is 2.13. The molecular weight excluding hydrogens is 257 g/mol. The maximum atomic E-state index is 12.2. The van der Waals surface area contributed by atoms with E-state index in [0.717, 1.165) is 0 Å². The lowest BCUT2D eigenvalue weighted by atomic mass is 10.2. The molecule has 1 fully saturated rings. The third-order valence-corrected chi connectivity index (χ3v) is 3.08. The molecular formula is C13H15F3N2O. The Morgan fingerprint density at radius 3 is 2.16 bits per heavy atom. The Kier molecular flexibility index (Phi) is 4.09. The summed E-state index contributed by atoms with van der Waals surface area (Å²) >= 11 is 0. The van der Waals surface area contributed by atoms with Gasteiger partial charge in [-0.2, -0.15) is 13.2 Å². The Labute approximate surface area is 109 Å². The Hall–Kier alpha value is -1.56. The number of carbonyl (C=O) groups is 1. The van der Waals surface area contributed by atoms with E-state index in [1.54, 1.807) is 29.2 Å². The molecule has 0 atom stereocenters. The number of hydrogen-bond donors (Lipinski definition) is 0. The Balaban J connectivity index is 1.88. The molecule has 6 heteroatoms. The largest absolute Gasteiger partial charge is 0.401 e. The van der Waals surface area contributed by atoms with Crippen LogP contribution in [0.25, 0.3) is 0 Å². The first-order chi connectivity index (χ1) is 8.96. The lowest BCUT2D eigenvalue weighted by molar-refractivity contribution is -0.148. The topological polar surface area (TPSA) is 23.6 Å². The molecule has 0 aromatic heterocycles. The molecule has 1 aromatic carbocycles. The summed E-state index contributed by atoms with van der Waals surface area (Å²) in [6.07, 6.45) is -4.17. The van der Waals surface area contributed by atoms with Crippen molar-refractivity contribution in [1.29, 1.82) is 0 Å². The van der Waals surface area contributed by atoms with Gasteiger partial charge in [-0.1, -0.05) is 18.2 Å². The normalized spacial score (nSPS) is 17.5. The van der Waals surface area contributed by atoms with Gasteiger partial charge in [0.25, 0.3) is 5.91 Å². The fraction of sp³-hybridized carbons (Fsp3) is 0.462. The molecule has 1 aromatic rings. The van der Waals surface area contributed by atoms with E-state index in [4.69, 9.17) is 0 Å². The number of hydrogen-bond acceptors (Lipinski definition) is 2. The first kappa shape index (κ1) is 13.9. The molecule has 1 aliphatic rings. The molecule has 19 heavy (non-hydrogen) atoms. The molecule has 1 heterocycles. The van der Waals surface area contributed by atoms with E-state index in [0.29, 0.717) is 18.7 Å². The summed E-state index contributed by atoms with van der Waals surface area (Å²) in [6.45, 7) is 0.296. The van der Waals surface area contributed by atoms with Crippen LogP contribution in [-0.4, -0.2) is 54.6 Å². The highest BCUT2D eigenvalue weighted by Crippen LogP contribution is 2.18. The van der Waals surface area contributed by atoms with E-state index in [1.165, 1.54) is 4.90 Å². The number of benzene rings is 1. The van der Waals surface area contributed by atoms with E-state index in [9.17, 15) is 18.0 Å². The van der Waals surface area contributed by atoms with Gasteiger partial charge in [0.2, 0.25) is 0 Å². The summed E-state index contributed by atoms with van der Waals surface area (Å²) in [5.41, 5.74) is 0.576. The third kappa shape index (κ3) is 3.96. The van der Waals surface area contributed by atoms with Crippen molar-refractivity contribution < 1.29 is 18.0 Å². The summed E-state index contributed by atoms with van der Waals surface area (Å²) < 4.78 is 36.7. The second-order valence-corrected chi connectivity index (χ2v) is 4.55. The maximum absolute atomic E-state index is 12.2. The van der Waals surface area contributed by atoms with Gasteiger partial charge in [0.1, 0.15) is 0 Å². The van der Waals surface area contributed by atoms with Crippen LogP contribution in [0.2, 0.25) is 0 Å². The van der Waals surface area contributed by atoms with Gasteiger partial charge in [0, 0.05) is 31.7 Å². The van der Waals surface area contributed by atoms with Gasteiger partial charge in [-0.05, 0) is 12.1 Å². The molecule has 1 aliphatic heterocycles. The number of carbonyl (C=O) groups excluding carboxylic acids is 1. The van der Waals surface area contributed by atoms with Gasteiger partial charge in [-0.25, -0.2) is 0 Å². The van der Waals surface area contributed by atoms with Crippen LogP contribution in [0.4, 0.5) is 13.2 Å². The Morgan fingerprint density at radius 1 is 1.05 bits per heavy atom. The molecule has 3 nitrogen and oxygen atoms in total. The smallest absolute Gasteiger partial charge is 0.336 e. The average Bonchev–Trinajstić information content (AvgIpc) is 2.38. The van der Waals surface area contributed by atoms with E-state index in [1.807, 2.05) is 6.07 Å². The van der Waals surface area contributed by atoms with Gasteiger partial charge in [-0.3, -0.25) is 9.69 Å². The lowest BCUT2D eigenvalue weighted by Crippen LogP contribution is -2.50. The van der Waals surface area contributed by atoms with E-state index in [-0.39, 0.29) is 19.0 Å². The third-order valence-electron chi connectivity index (χ3n) is 3.08. The van der Waals surface area contributed by atoms with Crippen molar-refractivity contribution in [2.45, 2.75) is 6.18 Å². The number of amides is 1. The van der Waals surface area contributed by atoms with Gasteiger partial charge in [-0.15, -0.1) is 0 Å². The number of rotatable bonds is 2. The van der Waals surface area contributed by atoms with E-state index < -0.39 is 12.7 Å². The van der Waals surface area contributed by atoms with Gasteiger partial charge >= 0.3 is 6.18 Å². The molecule has 0 spiro atoms. The van der Waals surface area contributed by atoms with Crippen molar-refractivity contribution in [3.8, 4) is 0 Å². The quantitative estimate of drug-likeness (QED) is 0.822. The second kappa shape index (κ2) is 5.61. The molecule has 0 aliphatic carbocycles. The van der Waals surface area contributed by atoms with Crippen molar-refractivity contribution in [3.63, 3.8) is 0 Å². The van der Waals surface area contributed by atoms with Crippen LogP contribution in [0.3, 0.4) is 0 Å². The summed E-state index contributed by atoms with van der Waals surface area (Å²) in [6, 6.07) is 8.78. The number of nitrogens with zero attached hydrogens (tertiary/aromatic N) is 2. The molecule has 1 saturated heterocycles. The van der Waals surface area contributed by atoms with Crippen LogP contribution >= 0.6 is 0 Å². The monoisotopic (exact) mass is 272 g/mol. The highest BCUT2D eigenvalue weighted by Gasteiger charge is 2.32. The zero-order valence-electron chi connectivity index (χ0n) is 10.4. The minimum Gasteiger partial charge on any atom is -0.336 e. The van der Waals surface area contributed by atoms with Gasteiger partial charge < -0.3 is 4.90 Å². The molecule has 0 saturated carbocycles. The van der Waals surface area contributed by atoms with Gasteiger partial charge in [0.05, 0.1) is 6.54 Å². The van der Waals surface area contributed by atoms with Crippen LogP contribution in [0, 0.1) is 0 Å². The second-order valence-electron chi connectivity index (χ2n) is 4.55. The first-order valence-corrected chi connectivity index (χ1v) is 6.09. The predicted molar refractivity (Wildman–Crippen MR) is 64.8 cm³/mol. The van der Waals surface area contributed by atoms with Gasteiger partial charge in [0.15, 0.2) is 0 Å². The summed E-state index contributed by atoms with van der Waals surface area (Å²) in [4.78, 5) is 15.0. The van der Waals surface area contributed by atoms with Crippen LogP contribution in [0.15, 0.2) is 30.3 Å². The summed E-state index contributed by atoms with van der Waals surface area (Å²) in [5, 5.41) is 0.